The minimum Gasteiger partial charge on any atom is -0.486 e. The smallest absolute Gasteiger partial charge is 0.120 e. The lowest BCUT2D eigenvalue weighted by molar-refractivity contribution is 0.230. The third-order valence-electron chi connectivity index (χ3n) is 3.31. The number of benzene rings is 1. The molecule has 2 heteroatoms. The molecular weight excluding hydrogens is 222 g/mol. The zero-order valence-corrected chi connectivity index (χ0v) is 11.1. The Morgan fingerprint density at radius 1 is 1.33 bits per heavy atom. The molecule has 0 radical (unpaired) electrons. The van der Waals surface area contributed by atoms with E-state index in [0.29, 0.717) is 0 Å². The van der Waals surface area contributed by atoms with E-state index in [1.54, 1.807) is 0 Å². The van der Waals surface area contributed by atoms with Gasteiger partial charge in [-0.1, -0.05) is 18.2 Å². The Balaban J connectivity index is 1.86. The second-order valence-electron chi connectivity index (χ2n) is 5.18. The van der Waals surface area contributed by atoms with Crippen LogP contribution in [0.4, 0.5) is 0 Å². The third-order valence-corrected chi connectivity index (χ3v) is 3.31. The van der Waals surface area contributed by atoms with Crippen molar-refractivity contribution < 1.29 is 4.74 Å². The normalized spacial score (nSPS) is 20.7. The molecule has 2 unspecified atom stereocenters. The molecule has 0 saturated heterocycles. The van der Waals surface area contributed by atoms with Crippen LogP contribution in [0.25, 0.3) is 0 Å². The van der Waals surface area contributed by atoms with E-state index in [1.165, 1.54) is 18.4 Å². The van der Waals surface area contributed by atoms with Crippen molar-refractivity contribution in [3.05, 3.63) is 42.0 Å². The van der Waals surface area contributed by atoms with Gasteiger partial charge in [0.15, 0.2) is 0 Å². The molecule has 98 valence electrons. The predicted molar refractivity (Wildman–Crippen MR) is 75.8 cm³/mol. The van der Waals surface area contributed by atoms with E-state index in [1.807, 2.05) is 6.92 Å². The standard InChI is InChI=1S/C16H23NO/c1-13(17)7-8-14-9-11-16(12-10-14)18-15-5-3-2-4-6-15/h3,5,9-13,15H,2,4,6-8,17H2,1H3. The van der Waals surface area contributed by atoms with Crippen molar-refractivity contribution >= 4 is 0 Å². The summed E-state index contributed by atoms with van der Waals surface area (Å²) in [5.74, 6) is 0.969. The molecule has 0 saturated carbocycles. The molecule has 1 aromatic carbocycles. The Kier molecular flexibility index (Phi) is 4.82. The summed E-state index contributed by atoms with van der Waals surface area (Å²) in [6.07, 6.45) is 10.3. The lowest BCUT2D eigenvalue weighted by atomic mass is 10.0. The molecule has 2 nitrogen and oxygen atoms in total. The van der Waals surface area contributed by atoms with Crippen molar-refractivity contribution in [1.82, 2.24) is 0 Å². The summed E-state index contributed by atoms with van der Waals surface area (Å²) in [5.41, 5.74) is 7.09. The summed E-state index contributed by atoms with van der Waals surface area (Å²) in [6.45, 7) is 2.05. The highest BCUT2D eigenvalue weighted by Crippen LogP contribution is 2.20. The molecule has 0 aliphatic heterocycles. The van der Waals surface area contributed by atoms with Gasteiger partial charge in [0.2, 0.25) is 0 Å². The summed E-state index contributed by atoms with van der Waals surface area (Å²) in [5, 5.41) is 0. The highest BCUT2D eigenvalue weighted by Gasteiger charge is 2.09. The van der Waals surface area contributed by atoms with Crippen LogP contribution in [0.15, 0.2) is 36.4 Å². The first-order valence-corrected chi connectivity index (χ1v) is 6.92. The Bertz CT molecular complexity index is 381. The van der Waals surface area contributed by atoms with Gasteiger partial charge in [0.1, 0.15) is 11.9 Å². The number of nitrogens with two attached hydrogens (primary N) is 1. The second-order valence-corrected chi connectivity index (χ2v) is 5.18. The molecule has 0 fully saturated rings. The van der Waals surface area contributed by atoms with Crippen molar-refractivity contribution in [2.45, 2.75) is 51.2 Å². The topological polar surface area (TPSA) is 35.2 Å². The van der Waals surface area contributed by atoms with Crippen LogP contribution in [-0.4, -0.2) is 12.1 Å². The highest BCUT2D eigenvalue weighted by molar-refractivity contribution is 5.28. The summed E-state index contributed by atoms with van der Waals surface area (Å²) in [7, 11) is 0. The lowest BCUT2D eigenvalue weighted by Crippen LogP contribution is -2.16. The predicted octanol–water partition coefficient (Wildman–Crippen LogP) is 3.45. The van der Waals surface area contributed by atoms with E-state index in [4.69, 9.17) is 10.5 Å². The SMILES string of the molecule is CC(N)CCc1ccc(OC2C=CCCC2)cc1. The Morgan fingerprint density at radius 3 is 2.72 bits per heavy atom. The monoisotopic (exact) mass is 245 g/mol. The van der Waals surface area contributed by atoms with E-state index in [-0.39, 0.29) is 12.1 Å². The largest absolute Gasteiger partial charge is 0.486 e. The number of aryl methyl sites for hydroxylation is 1. The first-order chi connectivity index (χ1) is 8.74. The van der Waals surface area contributed by atoms with Gasteiger partial charge in [-0.15, -0.1) is 0 Å². The van der Waals surface area contributed by atoms with E-state index in [9.17, 15) is 0 Å². The maximum absolute atomic E-state index is 5.92. The van der Waals surface area contributed by atoms with Crippen molar-refractivity contribution in [3.8, 4) is 5.75 Å². The van der Waals surface area contributed by atoms with Crippen LogP contribution in [0.2, 0.25) is 0 Å². The molecule has 18 heavy (non-hydrogen) atoms. The van der Waals surface area contributed by atoms with Gasteiger partial charge in [-0.05, 0) is 62.8 Å². The van der Waals surface area contributed by atoms with Gasteiger partial charge in [-0.2, -0.15) is 0 Å². The minimum atomic E-state index is 0.258. The zero-order valence-electron chi connectivity index (χ0n) is 11.1. The highest BCUT2D eigenvalue weighted by atomic mass is 16.5. The van der Waals surface area contributed by atoms with Crippen LogP contribution < -0.4 is 10.5 Å². The molecule has 1 aromatic rings. The van der Waals surface area contributed by atoms with Gasteiger partial charge in [0.05, 0.1) is 0 Å². The van der Waals surface area contributed by atoms with E-state index in [0.717, 1.165) is 25.0 Å². The van der Waals surface area contributed by atoms with Gasteiger partial charge in [0, 0.05) is 6.04 Å². The number of rotatable bonds is 5. The van der Waals surface area contributed by atoms with Crippen LogP contribution in [0.5, 0.6) is 5.75 Å². The maximum Gasteiger partial charge on any atom is 0.120 e. The lowest BCUT2D eigenvalue weighted by Gasteiger charge is -2.18. The first kappa shape index (κ1) is 13.2. The van der Waals surface area contributed by atoms with E-state index < -0.39 is 0 Å². The third kappa shape index (κ3) is 4.19. The minimum absolute atomic E-state index is 0.258. The molecule has 0 bridgehead atoms. The van der Waals surface area contributed by atoms with Crippen molar-refractivity contribution in [1.29, 1.82) is 0 Å². The molecule has 1 aliphatic carbocycles. The van der Waals surface area contributed by atoms with Crippen LogP contribution in [-0.2, 0) is 6.42 Å². The van der Waals surface area contributed by atoms with Crippen LogP contribution >= 0.6 is 0 Å². The van der Waals surface area contributed by atoms with Gasteiger partial charge >= 0.3 is 0 Å². The summed E-state index contributed by atoms with van der Waals surface area (Å²) in [4.78, 5) is 0. The number of allylic oxidation sites excluding steroid dienone is 1. The summed E-state index contributed by atoms with van der Waals surface area (Å²) < 4.78 is 5.92. The first-order valence-electron chi connectivity index (χ1n) is 6.92. The number of ether oxygens (including phenoxy) is 1. The van der Waals surface area contributed by atoms with E-state index in [2.05, 4.69) is 36.4 Å². The Labute approximate surface area is 110 Å². The summed E-state index contributed by atoms with van der Waals surface area (Å²) >= 11 is 0. The average Bonchev–Trinajstić information content (AvgIpc) is 2.39. The van der Waals surface area contributed by atoms with E-state index >= 15 is 0 Å². The molecule has 2 rings (SSSR count). The van der Waals surface area contributed by atoms with Gasteiger partial charge < -0.3 is 10.5 Å². The molecular formula is C16H23NO. The average molecular weight is 245 g/mol. The molecule has 0 heterocycles. The second kappa shape index (κ2) is 6.60. The quantitative estimate of drug-likeness (QED) is 0.806. The maximum atomic E-state index is 5.92. The molecule has 2 N–H and O–H groups in total. The molecule has 1 aliphatic rings. The van der Waals surface area contributed by atoms with Crippen LogP contribution in [0.1, 0.15) is 38.2 Å². The van der Waals surface area contributed by atoms with Gasteiger partial charge in [-0.3, -0.25) is 0 Å². The van der Waals surface area contributed by atoms with Crippen molar-refractivity contribution in [3.63, 3.8) is 0 Å². The zero-order chi connectivity index (χ0) is 12.8. The Hall–Kier alpha value is -1.28. The summed E-state index contributed by atoms with van der Waals surface area (Å²) in [6, 6.07) is 8.69. The number of hydrogen-bond donors (Lipinski definition) is 1. The fraction of sp³-hybridized carbons (Fsp3) is 0.500. The number of hydrogen-bond acceptors (Lipinski definition) is 2. The molecule has 0 spiro atoms. The molecule has 0 aromatic heterocycles. The van der Waals surface area contributed by atoms with Crippen LogP contribution in [0, 0.1) is 0 Å². The fourth-order valence-electron chi connectivity index (χ4n) is 2.18. The molecule has 0 amide bonds. The van der Waals surface area contributed by atoms with Gasteiger partial charge in [0.25, 0.3) is 0 Å². The van der Waals surface area contributed by atoms with Crippen molar-refractivity contribution in [2.24, 2.45) is 5.73 Å². The Morgan fingerprint density at radius 2 is 2.11 bits per heavy atom. The fourth-order valence-corrected chi connectivity index (χ4v) is 2.18. The van der Waals surface area contributed by atoms with Crippen LogP contribution in [0.3, 0.4) is 0 Å². The van der Waals surface area contributed by atoms with Gasteiger partial charge in [-0.25, -0.2) is 0 Å². The molecule has 2 atom stereocenters. The van der Waals surface area contributed by atoms with Crippen molar-refractivity contribution in [2.75, 3.05) is 0 Å².